The molecular weight excluding hydrogens is 541 g/mol. The quantitative estimate of drug-likeness (QED) is 0.277. The van der Waals surface area contributed by atoms with Crippen molar-refractivity contribution in [2.75, 3.05) is 17.4 Å². The zero-order valence-corrected chi connectivity index (χ0v) is 23.6. The molecule has 0 heterocycles. The number of carbonyl (C=O) groups excluding carboxylic acids is 2. The minimum Gasteiger partial charge on any atom is -0.354 e. The highest BCUT2D eigenvalue weighted by Crippen LogP contribution is 2.25. The van der Waals surface area contributed by atoms with Crippen molar-refractivity contribution in [1.82, 2.24) is 10.2 Å². The van der Waals surface area contributed by atoms with Gasteiger partial charge in [0.15, 0.2) is 0 Å². The summed E-state index contributed by atoms with van der Waals surface area (Å²) in [6, 6.07) is 18.7. The highest BCUT2D eigenvalue weighted by molar-refractivity contribution is 7.92. The van der Waals surface area contributed by atoms with Gasteiger partial charge in [0.05, 0.1) is 10.6 Å². The Kier molecular flexibility index (Phi) is 10.9. The Labute approximate surface area is 234 Å². The van der Waals surface area contributed by atoms with Gasteiger partial charge in [-0.3, -0.25) is 13.9 Å². The van der Waals surface area contributed by atoms with E-state index >= 15 is 0 Å². The maximum Gasteiger partial charge on any atom is 0.264 e. The van der Waals surface area contributed by atoms with E-state index in [0.717, 1.165) is 41.4 Å². The highest BCUT2D eigenvalue weighted by atomic mass is 35.5. The molecule has 7 nitrogen and oxygen atoms in total. The Morgan fingerprint density at radius 2 is 1.59 bits per heavy atom. The summed E-state index contributed by atoms with van der Waals surface area (Å²) in [6.45, 7) is 3.71. The van der Waals surface area contributed by atoms with Crippen molar-refractivity contribution in [1.29, 1.82) is 0 Å². The number of rotatable bonds is 13. The van der Waals surface area contributed by atoms with Gasteiger partial charge in [0.1, 0.15) is 18.4 Å². The molecule has 0 saturated carbocycles. The monoisotopic (exact) mass is 573 g/mol. The molecule has 0 spiro atoms. The second-order valence-corrected chi connectivity index (χ2v) is 11.3. The molecule has 0 aliphatic carbocycles. The molecule has 3 aromatic carbocycles. The van der Waals surface area contributed by atoms with Gasteiger partial charge < -0.3 is 10.2 Å². The number of hydrogen-bond donors (Lipinski definition) is 1. The molecule has 0 unspecified atom stereocenters. The van der Waals surface area contributed by atoms with Crippen LogP contribution in [0.25, 0.3) is 0 Å². The van der Waals surface area contributed by atoms with Gasteiger partial charge in [-0.15, -0.1) is 0 Å². The number of para-hydroxylation sites is 1. The summed E-state index contributed by atoms with van der Waals surface area (Å²) < 4.78 is 41.9. The molecule has 0 aromatic heterocycles. The predicted molar refractivity (Wildman–Crippen MR) is 151 cm³/mol. The van der Waals surface area contributed by atoms with Crippen LogP contribution in [-0.2, 0) is 26.2 Å². The summed E-state index contributed by atoms with van der Waals surface area (Å²) in [5.74, 6) is -1.48. The molecule has 0 aliphatic rings. The molecule has 3 rings (SSSR count). The van der Waals surface area contributed by atoms with Crippen LogP contribution in [-0.4, -0.2) is 44.3 Å². The van der Waals surface area contributed by atoms with E-state index in [1.807, 2.05) is 6.92 Å². The van der Waals surface area contributed by atoms with E-state index in [1.54, 1.807) is 61.5 Å². The minimum atomic E-state index is -4.26. The fraction of sp³-hybridized carbons (Fsp3) is 0.310. The first-order chi connectivity index (χ1) is 18.7. The van der Waals surface area contributed by atoms with Crippen molar-refractivity contribution in [3.63, 3.8) is 0 Å². The molecule has 1 atom stereocenters. The molecule has 1 N–H and O–H groups in total. The van der Waals surface area contributed by atoms with Crippen molar-refractivity contribution in [3.8, 4) is 0 Å². The van der Waals surface area contributed by atoms with Crippen LogP contribution in [0.1, 0.15) is 38.7 Å². The van der Waals surface area contributed by atoms with Gasteiger partial charge in [0.25, 0.3) is 10.0 Å². The zero-order chi connectivity index (χ0) is 28.4. The number of benzene rings is 3. The summed E-state index contributed by atoms with van der Waals surface area (Å²) in [7, 11) is -4.26. The lowest BCUT2D eigenvalue weighted by atomic mass is 10.1. The fourth-order valence-electron chi connectivity index (χ4n) is 4.09. The third kappa shape index (κ3) is 7.80. The van der Waals surface area contributed by atoms with Gasteiger partial charge in [-0.2, -0.15) is 0 Å². The number of carbonyl (C=O) groups is 2. The van der Waals surface area contributed by atoms with E-state index in [4.69, 9.17) is 11.6 Å². The number of sulfonamides is 1. The molecule has 0 radical (unpaired) electrons. The van der Waals surface area contributed by atoms with Crippen LogP contribution in [0, 0.1) is 5.82 Å². The molecule has 0 saturated heterocycles. The van der Waals surface area contributed by atoms with E-state index < -0.39 is 34.3 Å². The van der Waals surface area contributed by atoms with Crippen molar-refractivity contribution in [2.24, 2.45) is 0 Å². The van der Waals surface area contributed by atoms with Gasteiger partial charge in [0.2, 0.25) is 11.8 Å². The molecule has 0 bridgehead atoms. The van der Waals surface area contributed by atoms with Crippen molar-refractivity contribution < 1.29 is 22.4 Å². The summed E-state index contributed by atoms with van der Waals surface area (Å²) in [5, 5.41) is 3.31. The molecule has 39 heavy (non-hydrogen) atoms. The molecule has 0 aliphatic heterocycles. The largest absolute Gasteiger partial charge is 0.354 e. The number of anilines is 1. The van der Waals surface area contributed by atoms with Gasteiger partial charge in [-0.1, -0.05) is 68.3 Å². The first kappa shape index (κ1) is 30.1. The average Bonchev–Trinajstić information content (AvgIpc) is 2.93. The van der Waals surface area contributed by atoms with Crippen LogP contribution < -0.4 is 9.62 Å². The van der Waals surface area contributed by atoms with Gasteiger partial charge in [-0.25, -0.2) is 12.8 Å². The Bertz CT molecular complexity index is 1350. The standard InChI is InChI=1S/C29H33ClFN3O4S/c1-3-5-19-32-29(36)27(4-2)33(20-22-11-9-10-14-26(22)30)28(35)21-34(24-12-7-6-8-13-24)39(37,38)25-17-15-23(31)16-18-25/h6-18,27H,3-5,19-21H2,1-2H3,(H,32,36)/t27-/m0/s1. The average molecular weight is 574 g/mol. The van der Waals surface area contributed by atoms with Crippen LogP contribution in [0.4, 0.5) is 10.1 Å². The maximum atomic E-state index is 13.9. The Morgan fingerprint density at radius 3 is 2.21 bits per heavy atom. The summed E-state index contributed by atoms with van der Waals surface area (Å²) in [5.41, 5.74) is 0.883. The topological polar surface area (TPSA) is 86.8 Å². The van der Waals surface area contributed by atoms with Crippen LogP contribution in [0.5, 0.6) is 0 Å². The number of amides is 2. The van der Waals surface area contributed by atoms with E-state index in [2.05, 4.69) is 5.32 Å². The second kappa shape index (κ2) is 14.1. The van der Waals surface area contributed by atoms with Crippen LogP contribution >= 0.6 is 11.6 Å². The maximum absolute atomic E-state index is 13.9. The lowest BCUT2D eigenvalue weighted by Crippen LogP contribution is -2.52. The van der Waals surface area contributed by atoms with Gasteiger partial charge in [0, 0.05) is 18.1 Å². The number of nitrogens with one attached hydrogen (secondary N) is 1. The summed E-state index contributed by atoms with van der Waals surface area (Å²) in [6.07, 6.45) is 2.00. The molecule has 3 aromatic rings. The molecule has 2 amide bonds. The third-order valence-corrected chi connectivity index (χ3v) is 8.40. The molecule has 208 valence electrons. The zero-order valence-electron chi connectivity index (χ0n) is 22.0. The highest BCUT2D eigenvalue weighted by Gasteiger charge is 2.33. The summed E-state index contributed by atoms with van der Waals surface area (Å²) in [4.78, 5) is 28.3. The first-order valence-electron chi connectivity index (χ1n) is 12.8. The van der Waals surface area contributed by atoms with Crippen molar-refractivity contribution in [2.45, 2.75) is 50.6 Å². The normalized spacial score (nSPS) is 12.0. The van der Waals surface area contributed by atoms with Crippen LogP contribution in [0.3, 0.4) is 0 Å². The number of hydrogen-bond acceptors (Lipinski definition) is 4. The Hall–Kier alpha value is -3.43. The smallest absolute Gasteiger partial charge is 0.264 e. The van der Waals surface area contributed by atoms with Crippen LogP contribution in [0.2, 0.25) is 5.02 Å². The number of nitrogens with zero attached hydrogens (tertiary/aromatic N) is 2. The Morgan fingerprint density at radius 1 is 0.949 bits per heavy atom. The van der Waals surface area contributed by atoms with E-state index in [1.165, 1.54) is 4.90 Å². The van der Waals surface area contributed by atoms with E-state index in [9.17, 15) is 22.4 Å². The molecule has 10 heteroatoms. The first-order valence-corrected chi connectivity index (χ1v) is 14.6. The van der Waals surface area contributed by atoms with Gasteiger partial charge in [-0.05, 0) is 60.9 Å². The lowest BCUT2D eigenvalue weighted by Gasteiger charge is -2.33. The second-order valence-electron chi connectivity index (χ2n) is 8.98. The number of unbranched alkanes of at least 4 members (excludes halogenated alkanes) is 1. The van der Waals surface area contributed by atoms with Gasteiger partial charge >= 0.3 is 0 Å². The lowest BCUT2D eigenvalue weighted by molar-refractivity contribution is -0.140. The van der Waals surface area contributed by atoms with Crippen molar-refractivity contribution >= 4 is 39.1 Å². The third-order valence-electron chi connectivity index (χ3n) is 6.24. The molecular formula is C29H33ClFN3O4S. The molecule has 0 fully saturated rings. The van der Waals surface area contributed by atoms with Crippen molar-refractivity contribution in [3.05, 3.63) is 95.3 Å². The predicted octanol–water partition coefficient (Wildman–Crippen LogP) is 5.40. The fourth-order valence-corrected chi connectivity index (χ4v) is 5.70. The number of halogens is 2. The van der Waals surface area contributed by atoms with Crippen LogP contribution in [0.15, 0.2) is 83.8 Å². The van der Waals surface area contributed by atoms with E-state index in [0.29, 0.717) is 23.6 Å². The Balaban J connectivity index is 2.02. The SMILES string of the molecule is CCCCNC(=O)[C@H](CC)N(Cc1ccccc1Cl)C(=O)CN(c1ccccc1)S(=O)(=O)c1ccc(F)cc1. The van der Waals surface area contributed by atoms with E-state index in [-0.39, 0.29) is 23.0 Å². The minimum absolute atomic E-state index is 0.0113. The summed E-state index contributed by atoms with van der Waals surface area (Å²) >= 11 is 6.39.